The fourth-order valence-electron chi connectivity index (χ4n) is 3.03. The van der Waals surface area contributed by atoms with Gasteiger partial charge in [-0.2, -0.15) is 0 Å². The molecule has 2 rings (SSSR count). The van der Waals surface area contributed by atoms with Gasteiger partial charge in [-0.05, 0) is 52.1 Å². The van der Waals surface area contributed by atoms with Crippen molar-refractivity contribution in [1.82, 2.24) is 5.32 Å². The van der Waals surface area contributed by atoms with E-state index in [0.717, 1.165) is 24.6 Å². The second-order valence-electron chi connectivity index (χ2n) is 7.26. The molecule has 0 spiro atoms. The van der Waals surface area contributed by atoms with Gasteiger partial charge in [0.15, 0.2) is 0 Å². The predicted octanol–water partition coefficient (Wildman–Crippen LogP) is 4.54. The number of benzene rings is 1. The van der Waals surface area contributed by atoms with Crippen molar-refractivity contribution in [3.8, 4) is 5.75 Å². The number of hydrogen-bond acceptors (Lipinski definition) is 2. The molecular formula is C18H29NO. The lowest BCUT2D eigenvalue weighted by molar-refractivity contribution is 0.0649. The topological polar surface area (TPSA) is 21.3 Å². The molecule has 0 amide bonds. The van der Waals surface area contributed by atoms with Crippen LogP contribution in [-0.2, 0) is 0 Å². The molecule has 1 aromatic rings. The molecule has 1 N–H and O–H groups in total. The van der Waals surface area contributed by atoms with Crippen LogP contribution in [0.1, 0.15) is 63.3 Å². The van der Waals surface area contributed by atoms with Gasteiger partial charge in [0, 0.05) is 18.0 Å². The molecule has 0 aromatic heterocycles. The summed E-state index contributed by atoms with van der Waals surface area (Å²) in [5.41, 5.74) is 3.82. The maximum atomic E-state index is 6.22. The molecular weight excluding hydrogens is 246 g/mol. The summed E-state index contributed by atoms with van der Waals surface area (Å²) in [6.07, 6.45) is 2.25. The van der Waals surface area contributed by atoms with Crippen LogP contribution in [0.25, 0.3) is 0 Å². The van der Waals surface area contributed by atoms with E-state index in [-0.39, 0.29) is 5.60 Å². The zero-order valence-electron chi connectivity index (χ0n) is 13.8. The Bertz CT molecular complexity index is 477. The van der Waals surface area contributed by atoms with E-state index in [1.54, 1.807) is 0 Å². The van der Waals surface area contributed by atoms with E-state index in [2.05, 4.69) is 59.0 Å². The number of aryl methyl sites for hydroxylation is 2. The molecule has 0 fully saturated rings. The van der Waals surface area contributed by atoms with E-state index in [9.17, 15) is 0 Å². The summed E-state index contributed by atoms with van der Waals surface area (Å²) in [6, 6.07) is 4.90. The highest BCUT2D eigenvalue weighted by Crippen LogP contribution is 2.41. The molecule has 1 heterocycles. The predicted molar refractivity (Wildman–Crippen MR) is 85.4 cm³/mol. The molecule has 1 aliphatic heterocycles. The van der Waals surface area contributed by atoms with Gasteiger partial charge < -0.3 is 10.1 Å². The van der Waals surface area contributed by atoms with Crippen molar-refractivity contribution in [2.75, 3.05) is 6.54 Å². The average molecular weight is 275 g/mol. The third kappa shape index (κ3) is 3.54. The summed E-state index contributed by atoms with van der Waals surface area (Å²) in [7, 11) is 0. The summed E-state index contributed by atoms with van der Waals surface area (Å²) in [5, 5.41) is 3.74. The molecule has 2 nitrogen and oxygen atoms in total. The lowest BCUT2D eigenvalue weighted by atomic mass is 9.87. The summed E-state index contributed by atoms with van der Waals surface area (Å²) in [5.74, 6) is 1.84. The zero-order chi connectivity index (χ0) is 14.9. The third-order valence-electron chi connectivity index (χ3n) is 4.01. The van der Waals surface area contributed by atoms with Gasteiger partial charge in [0.05, 0.1) is 0 Å². The molecule has 0 saturated heterocycles. The van der Waals surface area contributed by atoms with Crippen molar-refractivity contribution in [2.45, 2.75) is 66.0 Å². The highest BCUT2D eigenvalue weighted by atomic mass is 16.5. The molecule has 2 heteroatoms. The standard InChI is InChI=1S/C18H29NO/c1-12(2)7-8-19-16-11-18(5,6)20-17-14(4)9-13(3)10-15(16)17/h9-10,12,16,19H,7-8,11H2,1-6H3. The Kier molecular flexibility index (Phi) is 4.43. The van der Waals surface area contributed by atoms with Crippen LogP contribution < -0.4 is 10.1 Å². The SMILES string of the molecule is Cc1cc(C)c2c(c1)C(NCCC(C)C)CC(C)(C)O2. The van der Waals surface area contributed by atoms with Crippen molar-refractivity contribution >= 4 is 0 Å². The van der Waals surface area contributed by atoms with Gasteiger partial charge in [0.1, 0.15) is 11.4 Å². The van der Waals surface area contributed by atoms with Crippen molar-refractivity contribution in [2.24, 2.45) is 5.92 Å². The van der Waals surface area contributed by atoms with E-state index >= 15 is 0 Å². The van der Waals surface area contributed by atoms with Crippen LogP contribution in [0.15, 0.2) is 12.1 Å². The van der Waals surface area contributed by atoms with Crippen molar-refractivity contribution < 1.29 is 4.74 Å². The number of fused-ring (bicyclic) bond motifs is 1. The first-order chi connectivity index (χ1) is 9.28. The number of ether oxygens (including phenoxy) is 1. The van der Waals surface area contributed by atoms with Gasteiger partial charge in [-0.25, -0.2) is 0 Å². The molecule has 20 heavy (non-hydrogen) atoms. The molecule has 0 saturated carbocycles. The first-order valence-corrected chi connectivity index (χ1v) is 7.82. The molecule has 0 aliphatic carbocycles. The van der Waals surface area contributed by atoms with Crippen LogP contribution >= 0.6 is 0 Å². The zero-order valence-corrected chi connectivity index (χ0v) is 13.8. The Morgan fingerprint density at radius 1 is 1.30 bits per heavy atom. The fraction of sp³-hybridized carbons (Fsp3) is 0.667. The minimum Gasteiger partial charge on any atom is -0.487 e. The van der Waals surface area contributed by atoms with E-state index in [1.807, 2.05) is 0 Å². The minimum absolute atomic E-state index is 0.0947. The molecule has 1 aliphatic rings. The number of hydrogen-bond donors (Lipinski definition) is 1. The highest BCUT2D eigenvalue weighted by Gasteiger charge is 2.34. The largest absolute Gasteiger partial charge is 0.487 e. The first-order valence-electron chi connectivity index (χ1n) is 7.82. The lowest BCUT2D eigenvalue weighted by Crippen LogP contribution is -2.40. The normalized spacial score (nSPS) is 20.6. The Balaban J connectivity index is 2.25. The van der Waals surface area contributed by atoms with E-state index < -0.39 is 0 Å². The van der Waals surface area contributed by atoms with Crippen LogP contribution in [0, 0.1) is 19.8 Å². The monoisotopic (exact) mass is 275 g/mol. The summed E-state index contributed by atoms with van der Waals surface area (Å²) < 4.78 is 6.22. The fourth-order valence-corrected chi connectivity index (χ4v) is 3.03. The molecule has 1 aromatic carbocycles. The second kappa shape index (κ2) is 5.77. The van der Waals surface area contributed by atoms with Gasteiger partial charge >= 0.3 is 0 Å². The lowest BCUT2D eigenvalue weighted by Gasteiger charge is -2.39. The summed E-state index contributed by atoms with van der Waals surface area (Å²) in [6.45, 7) is 14.3. The molecule has 1 unspecified atom stereocenters. The second-order valence-corrected chi connectivity index (χ2v) is 7.26. The van der Waals surface area contributed by atoms with Gasteiger partial charge in [-0.1, -0.05) is 31.5 Å². The third-order valence-corrected chi connectivity index (χ3v) is 4.01. The van der Waals surface area contributed by atoms with Crippen LogP contribution in [0.5, 0.6) is 5.75 Å². The van der Waals surface area contributed by atoms with Crippen LogP contribution in [0.4, 0.5) is 0 Å². The Hall–Kier alpha value is -1.02. The minimum atomic E-state index is -0.0947. The molecule has 0 bridgehead atoms. The highest BCUT2D eigenvalue weighted by molar-refractivity contribution is 5.47. The van der Waals surface area contributed by atoms with Crippen LogP contribution in [0.3, 0.4) is 0 Å². The van der Waals surface area contributed by atoms with Crippen molar-refractivity contribution in [3.05, 3.63) is 28.8 Å². The average Bonchev–Trinajstić information content (AvgIpc) is 2.29. The van der Waals surface area contributed by atoms with E-state index in [1.165, 1.54) is 23.1 Å². The Morgan fingerprint density at radius 3 is 2.65 bits per heavy atom. The van der Waals surface area contributed by atoms with Crippen LogP contribution in [-0.4, -0.2) is 12.1 Å². The molecule has 1 atom stereocenters. The Morgan fingerprint density at radius 2 is 2.00 bits per heavy atom. The molecule has 112 valence electrons. The van der Waals surface area contributed by atoms with Gasteiger partial charge in [0.2, 0.25) is 0 Å². The maximum Gasteiger partial charge on any atom is 0.127 e. The number of nitrogens with one attached hydrogen (secondary N) is 1. The summed E-state index contributed by atoms with van der Waals surface area (Å²) >= 11 is 0. The smallest absolute Gasteiger partial charge is 0.127 e. The van der Waals surface area contributed by atoms with Gasteiger partial charge in [-0.15, -0.1) is 0 Å². The van der Waals surface area contributed by atoms with Crippen molar-refractivity contribution in [1.29, 1.82) is 0 Å². The van der Waals surface area contributed by atoms with Crippen molar-refractivity contribution in [3.63, 3.8) is 0 Å². The van der Waals surface area contributed by atoms with E-state index in [4.69, 9.17) is 4.74 Å². The van der Waals surface area contributed by atoms with Gasteiger partial charge in [-0.3, -0.25) is 0 Å². The Labute approximate surface area is 123 Å². The summed E-state index contributed by atoms with van der Waals surface area (Å²) in [4.78, 5) is 0. The first kappa shape index (κ1) is 15.4. The number of rotatable bonds is 4. The van der Waals surface area contributed by atoms with Gasteiger partial charge in [0.25, 0.3) is 0 Å². The quantitative estimate of drug-likeness (QED) is 0.871. The van der Waals surface area contributed by atoms with E-state index in [0.29, 0.717) is 6.04 Å². The van der Waals surface area contributed by atoms with Crippen LogP contribution in [0.2, 0.25) is 0 Å². The molecule has 0 radical (unpaired) electrons. The maximum absolute atomic E-state index is 6.22.